The molecule has 1 atom stereocenters. The normalized spacial score (nSPS) is 17.5. The number of amides is 1. The van der Waals surface area contributed by atoms with Crippen LogP contribution in [0.5, 0.6) is 5.75 Å². The van der Waals surface area contributed by atoms with E-state index in [-0.39, 0.29) is 12.1 Å². The fraction of sp³-hybridized carbons (Fsp3) is 0.409. The fourth-order valence-electron chi connectivity index (χ4n) is 3.49. The van der Waals surface area contributed by atoms with Crippen molar-refractivity contribution in [3.63, 3.8) is 0 Å². The van der Waals surface area contributed by atoms with Crippen LogP contribution in [0.15, 0.2) is 54.6 Å². The second kappa shape index (κ2) is 10.5. The molecule has 0 bridgehead atoms. The molecule has 1 heterocycles. The third kappa shape index (κ3) is 5.96. The highest BCUT2D eigenvalue weighted by molar-refractivity contribution is 6.30. The number of carbonyl (C=O) groups excluding carboxylic acids is 1. The van der Waals surface area contributed by atoms with Crippen molar-refractivity contribution in [2.75, 3.05) is 39.9 Å². The van der Waals surface area contributed by atoms with Gasteiger partial charge in [0.25, 0.3) is 0 Å². The van der Waals surface area contributed by atoms with Crippen molar-refractivity contribution < 1.29 is 14.3 Å². The molecule has 0 N–H and O–H groups in total. The van der Waals surface area contributed by atoms with Crippen molar-refractivity contribution in [1.29, 1.82) is 0 Å². The first kappa shape index (κ1) is 20.6. The van der Waals surface area contributed by atoms with Crippen LogP contribution in [-0.4, -0.2) is 61.8 Å². The topological polar surface area (TPSA) is 42.0 Å². The lowest BCUT2D eigenvalue weighted by atomic mass is 10.1. The van der Waals surface area contributed by atoms with E-state index in [0.29, 0.717) is 25.4 Å². The summed E-state index contributed by atoms with van der Waals surface area (Å²) in [5.74, 6) is 0.571. The maximum absolute atomic E-state index is 12.5. The quantitative estimate of drug-likeness (QED) is 0.699. The molecule has 1 aliphatic rings. The Morgan fingerprint density at radius 2 is 1.86 bits per heavy atom. The van der Waals surface area contributed by atoms with Crippen LogP contribution in [0.1, 0.15) is 12.0 Å². The highest BCUT2D eigenvalue weighted by atomic mass is 35.5. The van der Waals surface area contributed by atoms with Gasteiger partial charge in [0.1, 0.15) is 5.75 Å². The van der Waals surface area contributed by atoms with Crippen LogP contribution in [-0.2, 0) is 11.2 Å². The first-order chi connectivity index (χ1) is 13.7. The summed E-state index contributed by atoms with van der Waals surface area (Å²) < 4.78 is 10.9. The van der Waals surface area contributed by atoms with Crippen LogP contribution in [0, 0.1) is 0 Å². The average molecular weight is 403 g/mol. The SMILES string of the molecule is COCC1CN(C(=O)Oc2ccccc2)CCN1CCCc1ccc(Cl)cc1. The van der Waals surface area contributed by atoms with E-state index in [4.69, 9.17) is 21.1 Å². The zero-order chi connectivity index (χ0) is 19.8. The molecule has 1 fully saturated rings. The summed E-state index contributed by atoms with van der Waals surface area (Å²) in [5, 5.41) is 0.766. The number of para-hydroxylation sites is 1. The number of ether oxygens (including phenoxy) is 2. The van der Waals surface area contributed by atoms with Gasteiger partial charge >= 0.3 is 6.09 Å². The van der Waals surface area contributed by atoms with E-state index in [9.17, 15) is 4.79 Å². The molecule has 2 aromatic rings. The van der Waals surface area contributed by atoms with Gasteiger partial charge in [0.15, 0.2) is 0 Å². The summed E-state index contributed by atoms with van der Waals surface area (Å²) >= 11 is 5.95. The summed E-state index contributed by atoms with van der Waals surface area (Å²) in [6.07, 6.45) is 1.76. The molecule has 0 radical (unpaired) electrons. The Morgan fingerprint density at radius 3 is 2.57 bits per heavy atom. The molecule has 1 amide bonds. The van der Waals surface area contributed by atoms with Gasteiger partial charge in [0.2, 0.25) is 0 Å². The summed E-state index contributed by atoms with van der Waals surface area (Å²) in [6.45, 7) is 3.65. The number of benzene rings is 2. The van der Waals surface area contributed by atoms with Gasteiger partial charge in [0.05, 0.1) is 12.6 Å². The van der Waals surface area contributed by atoms with Gasteiger partial charge < -0.3 is 14.4 Å². The fourth-order valence-corrected chi connectivity index (χ4v) is 3.62. The molecule has 0 aliphatic carbocycles. The molecule has 150 valence electrons. The van der Waals surface area contributed by atoms with E-state index >= 15 is 0 Å². The van der Waals surface area contributed by atoms with Gasteiger partial charge in [-0.1, -0.05) is 41.9 Å². The standard InChI is InChI=1S/C22H27ClN2O3/c1-27-17-20-16-25(22(26)28-21-7-3-2-4-8-21)15-14-24(20)13-5-6-18-9-11-19(23)12-10-18/h2-4,7-12,20H,5-6,13-17H2,1H3. The molecule has 2 aromatic carbocycles. The van der Waals surface area contributed by atoms with Gasteiger partial charge in [-0.3, -0.25) is 4.90 Å². The second-order valence-electron chi connectivity index (χ2n) is 7.00. The third-order valence-electron chi connectivity index (χ3n) is 4.99. The van der Waals surface area contributed by atoms with Gasteiger partial charge in [-0.15, -0.1) is 0 Å². The lowest BCUT2D eigenvalue weighted by Crippen LogP contribution is -2.57. The highest BCUT2D eigenvalue weighted by Gasteiger charge is 2.30. The molecule has 3 rings (SSSR count). The molecule has 1 aliphatic heterocycles. The summed E-state index contributed by atoms with van der Waals surface area (Å²) in [7, 11) is 1.70. The lowest BCUT2D eigenvalue weighted by Gasteiger charge is -2.40. The summed E-state index contributed by atoms with van der Waals surface area (Å²) in [4.78, 5) is 16.7. The number of rotatable bonds is 7. The predicted octanol–water partition coefficient (Wildman–Crippen LogP) is 4.10. The molecular weight excluding hydrogens is 376 g/mol. The Bertz CT molecular complexity index is 739. The van der Waals surface area contributed by atoms with Gasteiger partial charge in [-0.05, 0) is 49.2 Å². The zero-order valence-electron chi connectivity index (χ0n) is 16.2. The minimum absolute atomic E-state index is 0.173. The molecular formula is C22H27ClN2O3. The number of methoxy groups -OCH3 is 1. The predicted molar refractivity (Wildman–Crippen MR) is 111 cm³/mol. The van der Waals surface area contributed by atoms with Crippen LogP contribution >= 0.6 is 11.6 Å². The van der Waals surface area contributed by atoms with Crippen molar-refractivity contribution in [3.05, 3.63) is 65.2 Å². The largest absolute Gasteiger partial charge is 0.415 e. The Labute approximate surface area is 171 Å². The zero-order valence-corrected chi connectivity index (χ0v) is 17.0. The van der Waals surface area contributed by atoms with Crippen molar-refractivity contribution in [3.8, 4) is 5.75 Å². The molecule has 0 spiro atoms. The number of piperazine rings is 1. The maximum atomic E-state index is 12.5. The first-order valence-corrected chi connectivity index (χ1v) is 10.0. The van der Waals surface area contributed by atoms with Crippen LogP contribution < -0.4 is 4.74 Å². The number of hydrogen-bond acceptors (Lipinski definition) is 4. The number of carbonyl (C=O) groups is 1. The van der Waals surface area contributed by atoms with Crippen LogP contribution in [0.2, 0.25) is 5.02 Å². The van der Waals surface area contributed by atoms with E-state index in [1.807, 2.05) is 30.3 Å². The number of nitrogens with zero attached hydrogens (tertiary/aromatic N) is 2. The second-order valence-corrected chi connectivity index (χ2v) is 7.44. The smallest absolute Gasteiger partial charge is 0.410 e. The van der Waals surface area contributed by atoms with Crippen molar-refractivity contribution in [2.24, 2.45) is 0 Å². The lowest BCUT2D eigenvalue weighted by molar-refractivity contribution is 0.0290. The van der Waals surface area contributed by atoms with E-state index in [0.717, 1.165) is 31.0 Å². The van der Waals surface area contributed by atoms with Crippen molar-refractivity contribution in [1.82, 2.24) is 9.80 Å². The Hall–Kier alpha value is -2.08. The molecule has 0 aromatic heterocycles. The Kier molecular flexibility index (Phi) is 7.71. The van der Waals surface area contributed by atoms with Crippen LogP contribution in [0.3, 0.4) is 0 Å². The minimum atomic E-state index is -0.298. The molecule has 6 heteroatoms. The molecule has 1 saturated heterocycles. The van der Waals surface area contributed by atoms with Gasteiger partial charge in [-0.2, -0.15) is 0 Å². The highest BCUT2D eigenvalue weighted by Crippen LogP contribution is 2.16. The molecule has 28 heavy (non-hydrogen) atoms. The number of hydrogen-bond donors (Lipinski definition) is 0. The van der Waals surface area contributed by atoms with Crippen molar-refractivity contribution >= 4 is 17.7 Å². The Balaban J connectivity index is 1.50. The van der Waals surface area contributed by atoms with E-state index < -0.39 is 0 Å². The van der Waals surface area contributed by atoms with E-state index in [1.165, 1.54) is 5.56 Å². The van der Waals surface area contributed by atoms with Crippen molar-refractivity contribution in [2.45, 2.75) is 18.9 Å². The van der Waals surface area contributed by atoms with Gasteiger partial charge in [0, 0.05) is 31.8 Å². The average Bonchev–Trinajstić information content (AvgIpc) is 2.71. The maximum Gasteiger partial charge on any atom is 0.415 e. The summed E-state index contributed by atoms with van der Waals surface area (Å²) in [5.41, 5.74) is 1.29. The van der Waals surface area contributed by atoms with E-state index in [1.54, 1.807) is 24.1 Å². The van der Waals surface area contributed by atoms with Crippen LogP contribution in [0.4, 0.5) is 4.79 Å². The van der Waals surface area contributed by atoms with Crippen LogP contribution in [0.25, 0.3) is 0 Å². The van der Waals surface area contributed by atoms with E-state index in [2.05, 4.69) is 17.0 Å². The third-order valence-corrected chi connectivity index (χ3v) is 5.25. The first-order valence-electron chi connectivity index (χ1n) is 9.65. The van der Waals surface area contributed by atoms with Gasteiger partial charge in [-0.25, -0.2) is 4.79 Å². The molecule has 0 saturated carbocycles. The summed E-state index contributed by atoms with van der Waals surface area (Å²) in [6, 6.07) is 17.4. The molecule has 1 unspecified atom stereocenters. The molecule has 5 nitrogen and oxygen atoms in total. The monoisotopic (exact) mass is 402 g/mol. The Morgan fingerprint density at radius 1 is 1.11 bits per heavy atom. The number of halogens is 1. The minimum Gasteiger partial charge on any atom is -0.410 e. The number of aryl methyl sites for hydroxylation is 1.